The molecule has 3 rings (SSSR count). The lowest BCUT2D eigenvalue weighted by Gasteiger charge is -2.21. The number of amides is 2. The zero-order valence-electron chi connectivity index (χ0n) is 12.3. The van der Waals surface area contributed by atoms with Crippen molar-refractivity contribution in [1.29, 1.82) is 0 Å². The molecule has 0 spiro atoms. The van der Waals surface area contributed by atoms with Gasteiger partial charge in [-0.05, 0) is 51.0 Å². The predicted octanol–water partition coefficient (Wildman–Crippen LogP) is 4.13. The Kier molecular flexibility index (Phi) is 3.92. The van der Waals surface area contributed by atoms with E-state index in [2.05, 4.69) is 29.4 Å². The number of nitrogens with one attached hydrogen (secondary N) is 1. The Balaban J connectivity index is 1.83. The first kappa shape index (κ1) is 14.1. The van der Waals surface area contributed by atoms with Crippen LogP contribution in [0.2, 0.25) is 0 Å². The molecule has 21 heavy (non-hydrogen) atoms. The summed E-state index contributed by atoms with van der Waals surface area (Å²) in [5.74, 6) is 0. The molecule has 0 bridgehead atoms. The molecule has 2 aromatic heterocycles. The van der Waals surface area contributed by atoms with E-state index in [0.717, 1.165) is 35.6 Å². The second-order valence-corrected chi connectivity index (χ2v) is 6.55. The lowest BCUT2D eigenvalue weighted by molar-refractivity contribution is 0.212. The third kappa shape index (κ3) is 3.08. The number of aromatic nitrogens is 1. The van der Waals surface area contributed by atoms with Crippen LogP contribution in [0.15, 0.2) is 30.5 Å². The van der Waals surface area contributed by atoms with Crippen LogP contribution in [0.1, 0.15) is 24.6 Å². The molecule has 1 aliphatic rings. The van der Waals surface area contributed by atoms with E-state index in [1.807, 2.05) is 24.0 Å². The van der Waals surface area contributed by atoms with Crippen molar-refractivity contribution < 1.29 is 4.79 Å². The second-order valence-electron chi connectivity index (χ2n) is 5.26. The first-order valence-electron chi connectivity index (χ1n) is 7.28. The van der Waals surface area contributed by atoms with Crippen molar-refractivity contribution in [3.8, 4) is 10.6 Å². The van der Waals surface area contributed by atoms with E-state index >= 15 is 0 Å². The van der Waals surface area contributed by atoms with E-state index in [4.69, 9.17) is 0 Å². The van der Waals surface area contributed by atoms with Gasteiger partial charge in [0.1, 0.15) is 5.69 Å². The molecule has 0 aromatic carbocycles. The van der Waals surface area contributed by atoms with Gasteiger partial charge >= 0.3 is 6.03 Å². The third-order valence-corrected chi connectivity index (χ3v) is 4.62. The van der Waals surface area contributed by atoms with E-state index in [9.17, 15) is 4.79 Å². The van der Waals surface area contributed by atoms with Crippen LogP contribution in [-0.2, 0) is 0 Å². The Morgan fingerprint density at radius 1 is 1.43 bits per heavy atom. The fourth-order valence-electron chi connectivity index (χ4n) is 2.41. The molecular weight excluding hydrogens is 282 g/mol. The van der Waals surface area contributed by atoms with Crippen LogP contribution in [0.5, 0.6) is 0 Å². The normalized spacial score (nSPS) is 14.0. The molecule has 0 aliphatic heterocycles. The quantitative estimate of drug-likeness (QED) is 0.922. The fraction of sp³-hybridized carbons (Fsp3) is 0.375. The molecule has 110 valence electrons. The maximum Gasteiger partial charge on any atom is 0.322 e. The molecule has 2 heterocycles. The summed E-state index contributed by atoms with van der Waals surface area (Å²) in [5.41, 5.74) is 1.62. The van der Waals surface area contributed by atoms with Crippen LogP contribution < -0.4 is 5.32 Å². The summed E-state index contributed by atoms with van der Waals surface area (Å²) < 4.78 is 0. The minimum atomic E-state index is -0.0254. The van der Waals surface area contributed by atoms with Crippen molar-refractivity contribution in [2.24, 2.45) is 0 Å². The van der Waals surface area contributed by atoms with E-state index in [1.54, 1.807) is 17.5 Å². The van der Waals surface area contributed by atoms with Crippen LogP contribution in [0.4, 0.5) is 10.5 Å². The smallest absolute Gasteiger partial charge is 0.322 e. The van der Waals surface area contributed by atoms with E-state index < -0.39 is 0 Å². The van der Waals surface area contributed by atoms with E-state index in [-0.39, 0.29) is 6.03 Å². The highest BCUT2D eigenvalue weighted by Gasteiger charge is 2.31. The largest absolute Gasteiger partial charge is 0.322 e. The number of aryl methyl sites for hydroxylation is 1. The van der Waals surface area contributed by atoms with Crippen molar-refractivity contribution in [3.63, 3.8) is 0 Å². The summed E-state index contributed by atoms with van der Waals surface area (Å²) in [6.07, 6.45) is 4.00. The third-order valence-electron chi connectivity index (χ3n) is 3.61. The fourth-order valence-corrected chi connectivity index (χ4v) is 3.28. The Morgan fingerprint density at radius 3 is 2.86 bits per heavy atom. The van der Waals surface area contributed by atoms with Crippen molar-refractivity contribution in [2.75, 3.05) is 11.9 Å². The first-order chi connectivity index (χ1) is 10.2. The van der Waals surface area contributed by atoms with Gasteiger partial charge < -0.3 is 10.2 Å². The SMILES string of the molecule is CCN(C(=O)Nc1cccnc1-c1ccc(C)s1)C1CC1. The van der Waals surface area contributed by atoms with Gasteiger partial charge in [0.15, 0.2) is 0 Å². The van der Waals surface area contributed by atoms with Gasteiger partial charge in [-0.25, -0.2) is 4.79 Å². The number of hydrogen-bond acceptors (Lipinski definition) is 3. The number of anilines is 1. The van der Waals surface area contributed by atoms with Gasteiger partial charge in [0.2, 0.25) is 0 Å². The molecule has 5 heteroatoms. The van der Waals surface area contributed by atoms with Gasteiger partial charge in [-0.3, -0.25) is 4.98 Å². The molecule has 0 radical (unpaired) electrons. The van der Waals surface area contributed by atoms with Crippen LogP contribution in [0, 0.1) is 6.92 Å². The van der Waals surface area contributed by atoms with Gasteiger partial charge in [0.05, 0.1) is 10.6 Å². The highest BCUT2D eigenvalue weighted by Crippen LogP contribution is 2.32. The molecule has 1 aliphatic carbocycles. The molecule has 2 amide bonds. The first-order valence-corrected chi connectivity index (χ1v) is 8.10. The minimum Gasteiger partial charge on any atom is -0.322 e. The Bertz CT molecular complexity index is 648. The number of pyridine rings is 1. The summed E-state index contributed by atoms with van der Waals surface area (Å²) in [7, 11) is 0. The minimum absolute atomic E-state index is 0.0254. The summed E-state index contributed by atoms with van der Waals surface area (Å²) in [6.45, 7) is 4.83. The standard InChI is InChI=1S/C16H19N3OS/c1-3-19(12-7-8-12)16(20)18-13-5-4-10-17-15(13)14-9-6-11(2)21-14/h4-6,9-10,12H,3,7-8H2,1-2H3,(H,18,20). The van der Waals surface area contributed by atoms with Gasteiger partial charge in [-0.15, -0.1) is 11.3 Å². The number of hydrogen-bond donors (Lipinski definition) is 1. The predicted molar refractivity (Wildman–Crippen MR) is 86.7 cm³/mol. The lowest BCUT2D eigenvalue weighted by atomic mass is 10.2. The van der Waals surface area contributed by atoms with Crippen LogP contribution >= 0.6 is 11.3 Å². The average Bonchev–Trinajstić information content (AvgIpc) is 3.21. The maximum absolute atomic E-state index is 12.4. The zero-order chi connectivity index (χ0) is 14.8. The number of carbonyl (C=O) groups excluding carboxylic acids is 1. The second kappa shape index (κ2) is 5.85. The van der Waals surface area contributed by atoms with E-state index in [1.165, 1.54) is 4.88 Å². The van der Waals surface area contributed by atoms with Crippen molar-refractivity contribution in [3.05, 3.63) is 35.3 Å². The highest BCUT2D eigenvalue weighted by atomic mass is 32.1. The molecule has 4 nitrogen and oxygen atoms in total. The number of rotatable bonds is 4. The topological polar surface area (TPSA) is 45.2 Å². The Hall–Kier alpha value is -1.88. The molecule has 2 aromatic rings. The average molecular weight is 301 g/mol. The number of thiophene rings is 1. The molecule has 1 fully saturated rings. The Morgan fingerprint density at radius 2 is 2.24 bits per heavy atom. The highest BCUT2D eigenvalue weighted by molar-refractivity contribution is 7.15. The summed E-state index contributed by atoms with van der Waals surface area (Å²) in [5, 5.41) is 3.02. The van der Waals surface area contributed by atoms with Gasteiger partial charge in [0, 0.05) is 23.7 Å². The molecular formula is C16H19N3OS. The van der Waals surface area contributed by atoms with Crippen LogP contribution in [-0.4, -0.2) is 28.5 Å². The van der Waals surface area contributed by atoms with Gasteiger partial charge in [0.25, 0.3) is 0 Å². The van der Waals surface area contributed by atoms with Crippen molar-refractivity contribution >= 4 is 23.1 Å². The number of carbonyl (C=O) groups is 1. The van der Waals surface area contributed by atoms with E-state index in [0.29, 0.717) is 6.04 Å². The molecule has 1 saturated carbocycles. The van der Waals surface area contributed by atoms with Crippen molar-refractivity contribution in [2.45, 2.75) is 32.7 Å². The molecule has 0 saturated heterocycles. The summed E-state index contributed by atoms with van der Waals surface area (Å²) >= 11 is 1.69. The van der Waals surface area contributed by atoms with Crippen LogP contribution in [0.3, 0.4) is 0 Å². The zero-order valence-corrected chi connectivity index (χ0v) is 13.1. The van der Waals surface area contributed by atoms with Crippen LogP contribution in [0.25, 0.3) is 10.6 Å². The number of urea groups is 1. The molecule has 0 atom stereocenters. The van der Waals surface area contributed by atoms with Gasteiger partial charge in [-0.2, -0.15) is 0 Å². The molecule has 1 N–H and O–H groups in total. The van der Waals surface area contributed by atoms with Gasteiger partial charge in [-0.1, -0.05) is 0 Å². The van der Waals surface area contributed by atoms with Crippen molar-refractivity contribution in [1.82, 2.24) is 9.88 Å². The lowest BCUT2D eigenvalue weighted by Crippen LogP contribution is -2.36. The summed E-state index contributed by atoms with van der Waals surface area (Å²) in [6, 6.07) is 8.28. The number of nitrogens with zero attached hydrogens (tertiary/aromatic N) is 2. The maximum atomic E-state index is 12.4. The summed E-state index contributed by atoms with van der Waals surface area (Å²) in [4.78, 5) is 21.1. The molecule has 0 unspecified atom stereocenters. The Labute approximate surface area is 128 Å². The monoisotopic (exact) mass is 301 g/mol.